The van der Waals surface area contributed by atoms with Gasteiger partial charge in [0.05, 0.1) is 34.0 Å². The predicted octanol–water partition coefficient (Wildman–Crippen LogP) is 4.52. The number of carbonyl (C=O) groups is 1. The zero-order valence-corrected chi connectivity index (χ0v) is 18.1. The molecule has 154 valence electrons. The van der Waals surface area contributed by atoms with E-state index >= 15 is 0 Å². The molecule has 0 unspecified atom stereocenters. The van der Waals surface area contributed by atoms with E-state index in [2.05, 4.69) is 15.5 Å². The molecule has 4 rings (SSSR count). The highest BCUT2D eigenvalue weighted by Gasteiger charge is 2.12. The van der Waals surface area contributed by atoms with Crippen LogP contribution in [0.25, 0.3) is 0 Å². The summed E-state index contributed by atoms with van der Waals surface area (Å²) in [5.74, 6) is 0.439. The average molecular weight is 442 g/mol. The number of ether oxygens (including phenoxy) is 1. The van der Waals surface area contributed by atoms with Crippen molar-refractivity contribution < 1.29 is 9.53 Å². The summed E-state index contributed by atoms with van der Waals surface area (Å²) in [6.45, 7) is 2.90. The summed E-state index contributed by atoms with van der Waals surface area (Å²) in [6.07, 6.45) is 5.41. The molecule has 0 saturated heterocycles. The number of carbonyl (C=O) groups excluding carboxylic acids is 1. The summed E-state index contributed by atoms with van der Waals surface area (Å²) in [7, 11) is 1.89. The second-order valence-electron chi connectivity index (χ2n) is 6.83. The number of nitrogens with one attached hydrogen (secondary N) is 1. The molecular weight excluding hydrogens is 422 g/mol. The highest BCUT2D eigenvalue weighted by Crippen LogP contribution is 2.25. The number of amides is 1. The van der Waals surface area contributed by atoms with Crippen LogP contribution < -0.4 is 10.1 Å². The molecule has 0 atom stereocenters. The molecule has 1 N–H and O–H groups in total. The van der Waals surface area contributed by atoms with Crippen molar-refractivity contribution in [3.05, 3.63) is 81.0 Å². The van der Waals surface area contributed by atoms with Gasteiger partial charge in [0.1, 0.15) is 12.4 Å². The van der Waals surface area contributed by atoms with Crippen molar-refractivity contribution in [3.8, 4) is 5.75 Å². The van der Waals surface area contributed by atoms with Gasteiger partial charge in [-0.3, -0.25) is 14.2 Å². The Morgan fingerprint density at radius 2 is 2.13 bits per heavy atom. The lowest BCUT2D eigenvalue weighted by molar-refractivity contribution is 0.103. The number of halogens is 1. The first-order valence-corrected chi connectivity index (χ1v) is 10.5. The van der Waals surface area contributed by atoms with Crippen LogP contribution >= 0.6 is 22.9 Å². The summed E-state index contributed by atoms with van der Waals surface area (Å²) >= 11 is 7.47. The quantitative estimate of drug-likeness (QED) is 0.457. The summed E-state index contributed by atoms with van der Waals surface area (Å²) in [5.41, 5.74) is 3.60. The maximum Gasteiger partial charge on any atom is 0.265 e. The minimum Gasteiger partial charge on any atom is -0.487 e. The summed E-state index contributed by atoms with van der Waals surface area (Å²) in [6, 6.07) is 9.12. The van der Waals surface area contributed by atoms with Crippen LogP contribution in [0.4, 0.5) is 5.69 Å². The molecule has 7 nitrogen and oxygen atoms in total. The highest BCUT2D eigenvalue weighted by atomic mass is 35.5. The normalized spacial score (nSPS) is 10.9. The Bertz CT molecular complexity index is 1180. The van der Waals surface area contributed by atoms with Crippen LogP contribution in [0, 0.1) is 6.92 Å². The topological polar surface area (TPSA) is 74.0 Å². The van der Waals surface area contributed by atoms with Crippen molar-refractivity contribution in [3.63, 3.8) is 0 Å². The van der Waals surface area contributed by atoms with Crippen LogP contribution in [-0.2, 0) is 20.2 Å². The van der Waals surface area contributed by atoms with Crippen molar-refractivity contribution in [1.82, 2.24) is 19.6 Å². The number of nitrogens with zero attached hydrogens (tertiary/aromatic N) is 4. The second-order valence-corrected chi connectivity index (χ2v) is 8.15. The van der Waals surface area contributed by atoms with E-state index in [4.69, 9.17) is 16.3 Å². The average Bonchev–Trinajstić information content (AvgIpc) is 3.43. The van der Waals surface area contributed by atoms with Crippen LogP contribution in [0.15, 0.2) is 54.3 Å². The van der Waals surface area contributed by atoms with Gasteiger partial charge >= 0.3 is 0 Å². The molecule has 3 aromatic heterocycles. The minimum absolute atomic E-state index is 0.180. The highest BCUT2D eigenvalue weighted by molar-refractivity contribution is 7.12. The van der Waals surface area contributed by atoms with Gasteiger partial charge in [0, 0.05) is 30.6 Å². The first-order chi connectivity index (χ1) is 14.5. The fourth-order valence-corrected chi connectivity index (χ4v) is 3.96. The lowest BCUT2D eigenvalue weighted by Crippen LogP contribution is -2.09. The Morgan fingerprint density at radius 1 is 1.30 bits per heavy atom. The molecule has 0 fully saturated rings. The molecule has 0 aliphatic heterocycles. The number of hydrogen-bond acceptors (Lipinski definition) is 5. The number of benzene rings is 1. The van der Waals surface area contributed by atoms with Gasteiger partial charge in [-0.15, -0.1) is 11.3 Å². The number of hydrogen-bond donors (Lipinski definition) is 1. The molecule has 1 amide bonds. The number of aryl methyl sites for hydroxylation is 2. The van der Waals surface area contributed by atoms with Gasteiger partial charge < -0.3 is 10.1 Å². The Hall–Kier alpha value is -3.10. The third-order valence-corrected chi connectivity index (χ3v) is 5.74. The van der Waals surface area contributed by atoms with E-state index < -0.39 is 0 Å². The molecule has 0 saturated carbocycles. The molecule has 3 heterocycles. The first-order valence-electron chi connectivity index (χ1n) is 9.25. The van der Waals surface area contributed by atoms with Gasteiger partial charge in [-0.1, -0.05) is 23.7 Å². The largest absolute Gasteiger partial charge is 0.487 e. The Labute approximate surface area is 182 Å². The monoisotopic (exact) mass is 441 g/mol. The lowest BCUT2D eigenvalue weighted by atomic mass is 10.3. The van der Waals surface area contributed by atoms with Crippen molar-refractivity contribution >= 4 is 34.5 Å². The fraction of sp³-hybridized carbons (Fsp3) is 0.190. The van der Waals surface area contributed by atoms with E-state index in [1.807, 2.05) is 49.8 Å². The third kappa shape index (κ3) is 4.72. The number of thiophene rings is 1. The maximum atomic E-state index is 12.6. The third-order valence-electron chi connectivity index (χ3n) is 4.45. The zero-order chi connectivity index (χ0) is 21.1. The van der Waals surface area contributed by atoms with Gasteiger partial charge in [0.25, 0.3) is 5.91 Å². The fourth-order valence-electron chi connectivity index (χ4n) is 2.98. The molecule has 0 spiro atoms. The minimum atomic E-state index is -0.180. The molecule has 9 heteroatoms. The van der Waals surface area contributed by atoms with Gasteiger partial charge in [-0.2, -0.15) is 10.2 Å². The zero-order valence-electron chi connectivity index (χ0n) is 16.5. The van der Waals surface area contributed by atoms with E-state index in [1.165, 1.54) is 11.3 Å². The molecule has 0 aliphatic rings. The van der Waals surface area contributed by atoms with E-state index in [1.54, 1.807) is 27.8 Å². The Kier molecular flexibility index (Phi) is 5.87. The standard InChI is InChI=1S/C21H20ClN5O2S/c1-14-16(9-26(2)25-14)10-27-11-17(8-23-27)24-21(28)20-7-15(13-30-20)12-29-19-6-4-3-5-18(19)22/h3-9,11,13H,10,12H2,1-2H3,(H,24,28). The molecule has 1 aromatic carbocycles. The van der Waals surface area contributed by atoms with Gasteiger partial charge in [0.2, 0.25) is 0 Å². The summed E-state index contributed by atoms with van der Waals surface area (Å²) in [5, 5.41) is 14.0. The molecule has 0 bridgehead atoms. The molecule has 4 aromatic rings. The second kappa shape index (κ2) is 8.73. The molecular formula is C21H20ClN5O2S. The number of aromatic nitrogens is 4. The van der Waals surface area contributed by atoms with E-state index in [0.717, 1.165) is 16.8 Å². The molecule has 0 radical (unpaired) electrons. The summed E-state index contributed by atoms with van der Waals surface area (Å²) < 4.78 is 9.28. The van der Waals surface area contributed by atoms with Crippen molar-refractivity contribution in [2.45, 2.75) is 20.1 Å². The van der Waals surface area contributed by atoms with Gasteiger partial charge in [0.15, 0.2) is 0 Å². The van der Waals surface area contributed by atoms with Crippen molar-refractivity contribution in [1.29, 1.82) is 0 Å². The van der Waals surface area contributed by atoms with Gasteiger partial charge in [-0.05, 0) is 30.5 Å². The summed E-state index contributed by atoms with van der Waals surface area (Å²) in [4.78, 5) is 13.2. The Morgan fingerprint density at radius 3 is 2.90 bits per heavy atom. The van der Waals surface area contributed by atoms with Crippen molar-refractivity contribution in [2.75, 3.05) is 5.32 Å². The molecule has 0 aliphatic carbocycles. The van der Waals surface area contributed by atoms with Crippen LogP contribution in [0.3, 0.4) is 0 Å². The van der Waals surface area contributed by atoms with E-state index in [-0.39, 0.29) is 5.91 Å². The van der Waals surface area contributed by atoms with Crippen LogP contribution in [0.5, 0.6) is 5.75 Å². The van der Waals surface area contributed by atoms with Crippen LogP contribution in [0.1, 0.15) is 26.5 Å². The van der Waals surface area contributed by atoms with Crippen LogP contribution in [-0.4, -0.2) is 25.5 Å². The van der Waals surface area contributed by atoms with E-state index in [0.29, 0.717) is 34.5 Å². The van der Waals surface area contributed by atoms with Crippen molar-refractivity contribution in [2.24, 2.45) is 7.05 Å². The molecule has 30 heavy (non-hydrogen) atoms. The van der Waals surface area contributed by atoms with E-state index in [9.17, 15) is 4.79 Å². The van der Waals surface area contributed by atoms with Crippen LogP contribution in [0.2, 0.25) is 5.02 Å². The number of para-hydroxylation sites is 1. The number of rotatable bonds is 7. The smallest absolute Gasteiger partial charge is 0.265 e. The SMILES string of the molecule is Cc1nn(C)cc1Cn1cc(NC(=O)c2cc(COc3ccccc3Cl)cs2)cn1. The number of anilines is 1. The predicted molar refractivity (Wildman–Crippen MR) is 117 cm³/mol. The van der Waals surface area contributed by atoms with Gasteiger partial charge in [-0.25, -0.2) is 0 Å². The Balaban J connectivity index is 1.35. The lowest BCUT2D eigenvalue weighted by Gasteiger charge is -2.06. The maximum absolute atomic E-state index is 12.6. The first kappa shape index (κ1) is 20.2.